The van der Waals surface area contributed by atoms with Crippen molar-refractivity contribution in [2.24, 2.45) is 11.5 Å². The van der Waals surface area contributed by atoms with E-state index in [2.05, 4.69) is 25.3 Å². The smallest absolute Gasteiger partial charge is 0.327 e. The second kappa shape index (κ2) is 7.54. The Hall–Kier alpha value is -0.770. The quantitative estimate of drug-likeness (QED) is 0.356. The Kier molecular flexibility index (Phi) is 7.19. The fraction of sp³-hybridized carbons (Fsp3) is 0.625. The van der Waals surface area contributed by atoms with Crippen molar-refractivity contribution >= 4 is 43.0 Å². The molecule has 0 fully saturated rings. The first-order valence-corrected chi connectivity index (χ1v) is 5.93. The van der Waals surface area contributed by atoms with Gasteiger partial charge in [-0.2, -0.15) is 25.3 Å². The molecule has 0 aromatic carbocycles. The summed E-state index contributed by atoms with van der Waals surface area (Å²) in [6, 6.07) is -2.44. The number of imide groups is 1. The number of carbonyl (C=O) groups excluding carboxylic acids is 2. The number of rotatable bonds is 6. The van der Waals surface area contributed by atoms with Gasteiger partial charge in [0.05, 0.1) is 12.6 Å². The van der Waals surface area contributed by atoms with Crippen LogP contribution in [0.5, 0.6) is 0 Å². The maximum atomic E-state index is 11.8. The van der Waals surface area contributed by atoms with Crippen molar-refractivity contribution in [2.45, 2.75) is 12.1 Å². The lowest BCUT2D eigenvalue weighted by Crippen LogP contribution is -2.57. The highest BCUT2D eigenvalue weighted by atomic mass is 32.1. The van der Waals surface area contributed by atoms with Crippen molar-refractivity contribution in [3.05, 3.63) is 0 Å². The predicted molar refractivity (Wildman–Crippen MR) is 68.0 cm³/mol. The fourth-order valence-corrected chi connectivity index (χ4v) is 1.55. The fourth-order valence-electron chi connectivity index (χ4n) is 1.08. The molecule has 2 atom stereocenters. The van der Waals surface area contributed by atoms with Gasteiger partial charge < -0.3 is 16.6 Å². The summed E-state index contributed by atoms with van der Waals surface area (Å²) < 4.78 is 0. The number of nitrogens with two attached hydrogens (primary N) is 2. The third-order valence-corrected chi connectivity index (χ3v) is 2.70. The molecule has 0 saturated heterocycles. The van der Waals surface area contributed by atoms with Gasteiger partial charge in [-0.15, -0.1) is 0 Å². The van der Waals surface area contributed by atoms with Gasteiger partial charge in [0, 0.05) is 11.5 Å². The molecule has 0 heterocycles. The van der Waals surface area contributed by atoms with Gasteiger partial charge in [0.2, 0.25) is 11.8 Å². The van der Waals surface area contributed by atoms with E-state index in [-0.39, 0.29) is 11.5 Å². The van der Waals surface area contributed by atoms with Gasteiger partial charge in [0.25, 0.3) is 0 Å². The van der Waals surface area contributed by atoms with Crippen LogP contribution in [-0.4, -0.2) is 57.9 Å². The molecule has 2 amide bonds. The summed E-state index contributed by atoms with van der Waals surface area (Å²) in [7, 11) is 0. The maximum Gasteiger partial charge on any atom is 0.327 e. The molecule has 0 aliphatic carbocycles. The Morgan fingerprint density at radius 3 is 2.06 bits per heavy atom. The molecule has 98 valence electrons. The third-order valence-electron chi connectivity index (χ3n) is 1.96. The second-order valence-electron chi connectivity index (χ2n) is 3.13. The van der Waals surface area contributed by atoms with E-state index in [1.54, 1.807) is 0 Å². The Morgan fingerprint density at radius 1 is 1.24 bits per heavy atom. The summed E-state index contributed by atoms with van der Waals surface area (Å²) in [6.45, 7) is -0.484. The molecule has 0 aliphatic rings. The molecule has 5 N–H and O–H groups in total. The summed E-state index contributed by atoms with van der Waals surface area (Å²) in [5, 5.41) is 8.90. The largest absolute Gasteiger partial charge is 0.480 e. The standard InChI is InChI=1S/C8H15N3O4S2/c9-1-6(12)11(5(3-17)8(14)15)7(13)4(10)2-16/h4-5,16-17H,1-3,9-10H2,(H,14,15). The van der Waals surface area contributed by atoms with Crippen LogP contribution in [0.1, 0.15) is 0 Å². The van der Waals surface area contributed by atoms with Gasteiger partial charge in [0.15, 0.2) is 0 Å². The van der Waals surface area contributed by atoms with Gasteiger partial charge in [-0.1, -0.05) is 0 Å². The van der Waals surface area contributed by atoms with Crippen molar-refractivity contribution in [1.29, 1.82) is 0 Å². The van der Waals surface area contributed by atoms with Gasteiger partial charge >= 0.3 is 5.97 Å². The average Bonchev–Trinajstić information content (AvgIpc) is 2.32. The van der Waals surface area contributed by atoms with Gasteiger partial charge in [-0.25, -0.2) is 4.79 Å². The molecule has 0 bridgehead atoms. The van der Waals surface area contributed by atoms with Crippen molar-refractivity contribution < 1.29 is 19.5 Å². The molecular formula is C8H15N3O4S2. The Morgan fingerprint density at radius 2 is 1.76 bits per heavy atom. The number of carboxylic acids is 1. The molecule has 9 heteroatoms. The lowest BCUT2D eigenvalue weighted by Gasteiger charge is -2.27. The number of nitrogens with zero attached hydrogens (tertiary/aromatic N) is 1. The minimum Gasteiger partial charge on any atom is -0.480 e. The molecule has 7 nitrogen and oxygen atoms in total. The van der Waals surface area contributed by atoms with E-state index in [1.165, 1.54) is 0 Å². The number of amides is 2. The van der Waals surface area contributed by atoms with Crippen LogP contribution >= 0.6 is 25.3 Å². The summed E-state index contributed by atoms with van der Waals surface area (Å²) in [6.07, 6.45) is 0. The van der Waals surface area contributed by atoms with Gasteiger partial charge in [-0.3, -0.25) is 14.5 Å². The van der Waals surface area contributed by atoms with Crippen LogP contribution in [0.3, 0.4) is 0 Å². The Balaban J connectivity index is 5.19. The summed E-state index contributed by atoms with van der Waals surface area (Å²) in [5.74, 6) is -3.20. The monoisotopic (exact) mass is 281 g/mol. The van der Waals surface area contributed by atoms with Crippen molar-refractivity contribution in [3.63, 3.8) is 0 Å². The number of carboxylic acid groups (broad SMARTS) is 1. The van der Waals surface area contributed by atoms with Crippen LogP contribution in [0.15, 0.2) is 0 Å². The minimum atomic E-state index is -1.38. The van der Waals surface area contributed by atoms with E-state index in [0.29, 0.717) is 4.90 Å². The number of aliphatic carboxylic acids is 1. The van der Waals surface area contributed by atoms with Crippen molar-refractivity contribution in [1.82, 2.24) is 4.90 Å². The first kappa shape index (κ1) is 16.2. The molecular weight excluding hydrogens is 266 g/mol. The minimum absolute atomic E-state index is 0.00784. The molecule has 0 spiro atoms. The summed E-state index contributed by atoms with van der Waals surface area (Å²) in [5.41, 5.74) is 10.5. The van der Waals surface area contributed by atoms with Crippen molar-refractivity contribution in [2.75, 3.05) is 18.1 Å². The highest BCUT2D eigenvalue weighted by Crippen LogP contribution is 2.06. The summed E-state index contributed by atoms with van der Waals surface area (Å²) >= 11 is 7.61. The predicted octanol–water partition coefficient (Wildman–Crippen LogP) is -2.06. The number of carbonyl (C=O) groups is 3. The summed E-state index contributed by atoms with van der Waals surface area (Å²) in [4.78, 5) is 34.7. The first-order valence-electron chi connectivity index (χ1n) is 4.66. The highest BCUT2D eigenvalue weighted by Gasteiger charge is 2.35. The number of thiol groups is 2. The van der Waals surface area contributed by atoms with Gasteiger partial charge in [-0.05, 0) is 0 Å². The average molecular weight is 281 g/mol. The normalized spacial score (nSPS) is 13.9. The molecule has 0 saturated carbocycles. The SMILES string of the molecule is NCC(=O)N(C(=O)C(N)CS)C(CS)C(=O)O. The lowest BCUT2D eigenvalue weighted by molar-refractivity contribution is -0.156. The molecule has 0 aromatic heterocycles. The number of hydrogen-bond acceptors (Lipinski definition) is 7. The van der Waals surface area contributed by atoms with E-state index in [1.807, 2.05) is 0 Å². The van der Waals surface area contributed by atoms with E-state index >= 15 is 0 Å². The highest BCUT2D eigenvalue weighted by molar-refractivity contribution is 7.80. The zero-order chi connectivity index (χ0) is 13.6. The Labute approximate surface area is 109 Å². The van der Waals surface area contributed by atoms with Crippen LogP contribution in [0.2, 0.25) is 0 Å². The van der Waals surface area contributed by atoms with Gasteiger partial charge in [0.1, 0.15) is 6.04 Å². The number of hydrogen-bond donors (Lipinski definition) is 5. The second-order valence-corrected chi connectivity index (χ2v) is 3.86. The molecule has 2 unspecified atom stereocenters. The van der Waals surface area contributed by atoms with E-state index < -0.39 is 36.4 Å². The zero-order valence-corrected chi connectivity index (χ0v) is 10.7. The molecule has 17 heavy (non-hydrogen) atoms. The van der Waals surface area contributed by atoms with Crippen LogP contribution in [-0.2, 0) is 14.4 Å². The van der Waals surface area contributed by atoms with Crippen LogP contribution in [0.4, 0.5) is 0 Å². The van der Waals surface area contributed by atoms with Crippen LogP contribution in [0, 0.1) is 0 Å². The molecule has 0 aliphatic heterocycles. The van der Waals surface area contributed by atoms with E-state index in [4.69, 9.17) is 16.6 Å². The van der Waals surface area contributed by atoms with Crippen LogP contribution < -0.4 is 11.5 Å². The van der Waals surface area contributed by atoms with Crippen LogP contribution in [0.25, 0.3) is 0 Å². The van der Waals surface area contributed by atoms with E-state index in [0.717, 1.165) is 0 Å². The maximum absolute atomic E-state index is 11.8. The lowest BCUT2D eigenvalue weighted by atomic mass is 10.2. The third kappa shape index (κ3) is 4.19. The molecule has 0 rings (SSSR count). The molecule has 0 radical (unpaired) electrons. The Bertz CT molecular complexity index is 313. The topological polar surface area (TPSA) is 127 Å². The zero-order valence-electron chi connectivity index (χ0n) is 8.94. The molecule has 0 aromatic rings. The van der Waals surface area contributed by atoms with Crippen molar-refractivity contribution in [3.8, 4) is 0 Å². The first-order chi connectivity index (χ1) is 7.90. The van der Waals surface area contributed by atoms with E-state index in [9.17, 15) is 14.4 Å².